The van der Waals surface area contributed by atoms with Gasteiger partial charge in [0.25, 0.3) is 5.91 Å². The minimum atomic E-state index is -1.26. The SMILES string of the molecule is CCC.O=C[C@H](CC(=O)O)NC(=O)CNC(=O)COc1cc2ccccc2cc1C(=O)O. The molecule has 2 rings (SSSR count). The molecule has 0 fully saturated rings. The van der Waals surface area contributed by atoms with Crippen molar-refractivity contribution in [3.05, 3.63) is 42.0 Å². The number of carbonyl (C=O) groups is 5. The molecule has 2 amide bonds. The first-order valence-electron chi connectivity index (χ1n) is 9.83. The van der Waals surface area contributed by atoms with E-state index < -0.39 is 49.4 Å². The molecule has 10 nitrogen and oxygen atoms in total. The number of aromatic carboxylic acids is 1. The van der Waals surface area contributed by atoms with Crippen LogP contribution in [0.25, 0.3) is 10.8 Å². The molecule has 0 spiro atoms. The lowest BCUT2D eigenvalue weighted by molar-refractivity contribution is -0.139. The lowest BCUT2D eigenvalue weighted by Gasteiger charge is -2.12. The fourth-order valence-corrected chi connectivity index (χ4v) is 2.46. The number of carboxylic acids is 2. The van der Waals surface area contributed by atoms with Crippen LogP contribution in [0.5, 0.6) is 5.75 Å². The van der Waals surface area contributed by atoms with Gasteiger partial charge in [0, 0.05) is 0 Å². The van der Waals surface area contributed by atoms with Gasteiger partial charge in [-0.1, -0.05) is 44.5 Å². The predicted molar refractivity (Wildman–Crippen MR) is 116 cm³/mol. The van der Waals surface area contributed by atoms with E-state index in [-0.39, 0.29) is 17.6 Å². The number of amides is 2. The first kappa shape index (κ1) is 26.1. The van der Waals surface area contributed by atoms with E-state index in [1.165, 1.54) is 18.6 Å². The smallest absolute Gasteiger partial charge is 0.339 e. The van der Waals surface area contributed by atoms with Crippen molar-refractivity contribution in [1.82, 2.24) is 10.6 Å². The molecule has 1 atom stereocenters. The first-order valence-corrected chi connectivity index (χ1v) is 9.83. The number of hydrogen-bond acceptors (Lipinski definition) is 6. The molecule has 0 bridgehead atoms. The van der Waals surface area contributed by atoms with Gasteiger partial charge in [-0.05, 0) is 22.9 Å². The summed E-state index contributed by atoms with van der Waals surface area (Å²) in [6, 6.07) is 8.77. The van der Waals surface area contributed by atoms with Crippen molar-refractivity contribution in [1.29, 1.82) is 0 Å². The van der Waals surface area contributed by atoms with E-state index >= 15 is 0 Å². The predicted octanol–water partition coefficient (Wildman–Crippen LogP) is 1.61. The number of benzene rings is 2. The lowest BCUT2D eigenvalue weighted by Crippen LogP contribution is -2.44. The van der Waals surface area contributed by atoms with Gasteiger partial charge in [0.15, 0.2) is 6.61 Å². The largest absolute Gasteiger partial charge is 0.483 e. The van der Waals surface area contributed by atoms with E-state index in [1.54, 1.807) is 24.3 Å². The van der Waals surface area contributed by atoms with Gasteiger partial charge >= 0.3 is 11.9 Å². The van der Waals surface area contributed by atoms with Crippen molar-refractivity contribution in [2.75, 3.05) is 13.2 Å². The van der Waals surface area contributed by atoms with Crippen molar-refractivity contribution in [3.8, 4) is 5.75 Å². The van der Waals surface area contributed by atoms with Crippen molar-refractivity contribution >= 4 is 40.8 Å². The molecule has 0 heterocycles. The Hall–Kier alpha value is -3.95. The first-order chi connectivity index (χ1) is 15.2. The summed E-state index contributed by atoms with van der Waals surface area (Å²) in [6.45, 7) is 3.20. The van der Waals surface area contributed by atoms with E-state index in [9.17, 15) is 29.1 Å². The van der Waals surface area contributed by atoms with Crippen molar-refractivity contribution in [2.45, 2.75) is 32.7 Å². The lowest BCUT2D eigenvalue weighted by atomic mass is 10.1. The van der Waals surface area contributed by atoms with Crippen molar-refractivity contribution in [2.24, 2.45) is 0 Å². The van der Waals surface area contributed by atoms with Crippen LogP contribution in [-0.4, -0.2) is 59.4 Å². The van der Waals surface area contributed by atoms with Gasteiger partial charge in [-0.2, -0.15) is 0 Å². The fraction of sp³-hybridized carbons (Fsp3) is 0.318. The minimum Gasteiger partial charge on any atom is -0.483 e. The molecule has 0 saturated heterocycles. The highest BCUT2D eigenvalue weighted by atomic mass is 16.5. The molecule has 4 N–H and O–H groups in total. The molecule has 2 aromatic rings. The number of ether oxygens (including phenoxy) is 1. The van der Waals surface area contributed by atoms with Gasteiger partial charge in [-0.3, -0.25) is 14.4 Å². The van der Waals surface area contributed by atoms with Crippen LogP contribution in [-0.2, 0) is 19.2 Å². The average Bonchev–Trinajstić information content (AvgIpc) is 2.75. The number of aldehydes is 1. The zero-order chi connectivity index (χ0) is 24.1. The zero-order valence-corrected chi connectivity index (χ0v) is 17.8. The van der Waals surface area contributed by atoms with Crippen LogP contribution in [0, 0.1) is 0 Å². The Bertz CT molecular complexity index is 974. The third-order valence-electron chi connectivity index (χ3n) is 3.79. The maximum Gasteiger partial charge on any atom is 0.339 e. The Morgan fingerprint density at radius 3 is 2.16 bits per heavy atom. The van der Waals surface area contributed by atoms with Crippen molar-refractivity contribution in [3.63, 3.8) is 0 Å². The number of fused-ring (bicyclic) bond motifs is 1. The van der Waals surface area contributed by atoms with Crippen LogP contribution in [0.2, 0.25) is 0 Å². The standard InChI is InChI=1S/C19H18N2O8.C3H8/c22-9-13(7-18(25)26)21-16(23)8-20-17(24)10-29-15-6-12-4-2-1-3-11(12)5-14(15)19(27)28;1-3-2/h1-6,9,13H,7-8,10H2,(H,20,24)(H,21,23)(H,25,26)(H,27,28);3H2,1-2H3/t13-;/m0./s1. The van der Waals surface area contributed by atoms with Crippen LogP contribution >= 0.6 is 0 Å². The topological polar surface area (TPSA) is 159 Å². The van der Waals surface area contributed by atoms with E-state index in [4.69, 9.17) is 9.84 Å². The van der Waals surface area contributed by atoms with Crippen molar-refractivity contribution < 1.29 is 38.9 Å². The number of aliphatic carboxylic acids is 1. The highest BCUT2D eigenvalue weighted by Crippen LogP contribution is 2.26. The summed E-state index contributed by atoms with van der Waals surface area (Å²) in [7, 11) is 0. The van der Waals surface area contributed by atoms with Crippen LogP contribution in [0.1, 0.15) is 37.0 Å². The average molecular weight is 446 g/mol. The number of carboxylic acid groups (broad SMARTS) is 2. The van der Waals surface area contributed by atoms with Gasteiger partial charge in [0.1, 0.15) is 17.6 Å². The van der Waals surface area contributed by atoms with Crippen LogP contribution in [0.15, 0.2) is 36.4 Å². The molecule has 0 aliphatic rings. The second kappa shape index (κ2) is 13.4. The molecule has 0 saturated carbocycles. The van der Waals surface area contributed by atoms with Gasteiger partial charge in [0.05, 0.1) is 19.0 Å². The minimum absolute atomic E-state index is 0.00159. The van der Waals surface area contributed by atoms with Gasteiger partial charge in [0.2, 0.25) is 5.91 Å². The molecular formula is C22H26N2O8. The van der Waals surface area contributed by atoms with Crippen LogP contribution in [0.3, 0.4) is 0 Å². The van der Waals surface area contributed by atoms with Gasteiger partial charge in [-0.25, -0.2) is 4.79 Å². The third-order valence-corrected chi connectivity index (χ3v) is 3.79. The second-order valence-electron chi connectivity index (χ2n) is 6.68. The van der Waals surface area contributed by atoms with Gasteiger partial charge < -0.3 is 30.4 Å². The summed E-state index contributed by atoms with van der Waals surface area (Å²) in [4.78, 5) is 56.2. The number of carbonyl (C=O) groups excluding carboxylic acids is 3. The Kier molecular flexibility index (Phi) is 10.9. The Morgan fingerprint density at radius 1 is 1.03 bits per heavy atom. The van der Waals surface area contributed by atoms with Crippen LogP contribution in [0.4, 0.5) is 0 Å². The van der Waals surface area contributed by atoms with E-state index in [1.807, 2.05) is 0 Å². The number of hydrogen-bond donors (Lipinski definition) is 4. The maximum absolute atomic E-state index is 11.9. The van der Waals surface area contributed by atoms with Crippen LogP contribution < -0.4 is 15.4 Å². The molecule has 0 radical (unpaired) electrons. The van der Waals surface area contributed by atoms with Gasteiger partial charge in [-0.15, -0.1) is 0 Å². The van der Waals surface area contributed by atoms with E-state index in [0.717, 1.165) is 5.39 Å². The molecular weight excluding hydrogens is 420 g/mol. The summed E-state index contributed by atoms with van der Waals surface area (Å²) < 4.78 is 5.30. The summed E-state index contributed by atoms with van der Waals surface area (Å²) in [6.07, 6.45) is 0.955. The quantitative estimate of drug-likeness (QED) is 0.401. The molecule has 2 aromatic carbocycles. The Balaban J connectivity index is 0.00000161. The van der Waals surface area contributed by atoms with E-state index in [2.05, 4.69) is 24.5 Å². The zero-order valence-electron chi connectivity index (χ0n) is 17.8. The molecule has 32 heavy (non-hydrogen) atoms. The highest BCUT2D eigenvalue weighted by molar-refractivity contribution is 5.98. The third kappa shape index (κ3) is 8.82. The second-order valence-corrected chi connectivity index (χ2v) is 6.68. The highest BCUT2D eigenvalue weighted by Gasteiger charge is 2.17. The summed E-state index contributed by atoms with van der Waals surface area (Å²) in [5.41, 5.74) is -0.114. The summed E-state index contributed by atoms with van der Waals surface area (Å²) in [5.74, 6) is -3.94. The molecule has 0 aliphatic carbocycles. The number of rotatable bonds is 10. The normalized spacial score (nSPS) is 10.8. The molecule has 172 valence electrons. The Labute approximate surface area is 184 Å². The number of nitrogens with one attached hydrogen (secondary N) is 2. The monoisotopic (exact) mass is 446 g/mol. The molecule has 10 heteroatoms. The molecule has 0 aliphatic heterocycles. The van der Waals surface area contributed by atoms with E-state index in [0.29, 0.717) is 5.39 Å². The summed E-state index contributed by atoms with van der Waals surface area (Å²) >= 11 is 0. The maximum atomic E-state index is 11.9. The Morgan fingerprint density at radius 2 is 1.62 bits per heavy atom. The fourth-order valence-electron chi connectivity index (χ4n) is 2.46. The molecule has 0 aromatic heterocycles. The summed E-state index contributed by atoms with van der Waals surface area (Å²) in [5, 5.41) is 23.8. The molecule has 0 unspecified atom stereocenters.